The first-order valence-corrected chi connectivity index (χ1v) is 6.29. The van der Waals surface area contributed by atoms with Gasteiger partial charge in [-0.3, -0.25) is 4.79 Å². The highest BCUT2D eigenvalue weighted by atomic mass is 79.9. The van der Waals surface area contributed by atoms with E-state index in [0.29, 0.717) is 22.8 Å². The average Bonchev–Trinajstić information content (AvgIpc) is 2.76. The summed E-state index contributed by atoms with van der Waals surface area (Å²) in [7, 11) is 1.59. The second-order valence-corrected chi connectivity index (χ2v) is 4.92. The van der Waals surface area contributed by atoms with Gasteiger partial charge >= 0.3 is 0 Å². The van der Waals surface area contributed by atoms with E-state index in [1.54, 1.807) is 7.11 Å². The van der Waals surface area contributed by atoms with Crippen LogP contribution in [0.25, 0.3) is 0 Å². The van der Waals surface area contributed by atoms with Gasteiger partial charge in [0.25, 0.3) is 5.56 Å². The van der Waals surface area contributed by atoms with Crippen LogP contribution in [0.2, 0.25) is 0 Å². The molecule has 0 spiro atoms. The fourth-order valence-electron chi connectivity index (χ4n) is 2.20. The van der Waals surface area contributed by atoms with E-state index in [4.69, 9.17) is 4.74 Å². The number of aromatic amines is 1. The molecule has 88 valence electrons. The molecule has 1 aromatic rings. The van der Waals surface area contributed by atoms with E-state index in [0.717, 1.165) is 18.5 Å². The SMILES string of the molecule is COCc1nc(C2CCCC2)c(Br)c(=O)[nH]1. The van der Waals surface area contributed by atoms with Crippen molar-refractivity contribution in [3.8, 4) is 0 Å². The molecule has 0 unspecified atom stereocenters. The van der Waals surface area contributed by atoms with Crippen LogP contribution in [-0.4, -0.2) is 17.1 Å². The Balaban J connectivity index is 2.37. The monoisotopic (exact) mass is 286 g/mol. The minimum absolute atomic E-state index is 0.107. The van der Waals surface area contributed by atoms with Crippen molar-refractivity contribution in [1.82, 2.24) is 9.97 Å². The molecular weight excluding hydrogens is 272 g/mol. The van der Waals surface area contributed by atoms with Crippen LogP contribution in [0.15, 0.2) is 9.27 Å². The molecule has 1 fully saturated rings. The maximum atomic E-state index is 11.7. The summed E-state index contributed by atoms with van der Waals surface area (Å²) in [6, 6.07) is 0. The van der Waals surface area contributed by atoms with Crippen molar-refractivity contribution < 1.29 is 4.74 Å². The van der Waals surface area contributed by atoms with Crippen molar-refractivity contribution in [2.75, 3.05) is 7.11 Å². The van der Waals surface area contributed by atoms with E-state index in [9.17, 15) is 4.79 Å². The Kier molecular flexibility index (Phi) is 3.76. The molecule has 1 aromatic heterocycles. The molecule has 5 heteroatoms. The number of hydrogen-bond acceptors (Lipinski definition) is 3. The molecule has 1 saturated carbocycles. The van der Waals surface area contributed by atoms with Gasteiger partial charge in [0.1, 0.15) is 16.9 Å². The Labute approximate surface area is 103 Å². The smallest absolute Gasteiger partial charge is 0.265 e. The van der Waals surface area contributed by atoms with Crippen molar-refractivity contribution in [2.24, 2.45) is 0 Å². The quantitative estimate of drug-likeness (QED) is 0.928. The molecule has 0 amide bonds. The van der Waals surface area contributed by atoms with Crippen LogP contribution in [0.5, 0.6) is 0 Å². The first-order chi connectivity index (χ1) is 7.72. The largest absolute Gasteiger partial charge is 0.377 e. The Morgan fingerprint density at radius 3 is 2.81 bits per heavy atom. The molecule has 0 aromatic carbocycles. The molecule has 1 heterocycles. The van der Waals surface area contributed by atoms with Gasteiger partial charge in [0.2, 0.25) is 0 Å². The molecule has 0 radical (unpaired) electrons. The molecule has 4 nitrogen and oxygen atoms in total. The molecule has 0 aliphatic heterocycles. The van der Waals surface area contributed by atoms with Crippen LogP contribution in [0.3, 0.4) is 0 Å². The number of halogens is 1. The van der Waals surface area contributed by atoms with Crippen LogP contribution >= 0.6 is 15.9 Å². The third kappa shape index (κ3) is 2.35. The van der Waals surface area contributed by atoms with Gasteiger partial charge in [-0.15, -0.1) is 0 Å². The fraction of sp³-hybridized carbons (Fsp3) is 0.636. The average molecular weight is 287 g/mol. The second kappa shape index (κ2) is 5.10. The molecule has 16 heavy (non-hydrogen) atoms. The summed E-state index contributed by atoms with van der Waals surface area (Å²) in [6.45, 7) is 0.349. The predicted molar refractivity (Wildman–Crippen MR) is 64.5 cm³/mol. The normalized spacial score (nSPS) is 16.9. The molecule has 2 rings (SSSR count). The number of H-pyrrole nitrogens is 1. The second-order valence-electron chi connectivity index (χ2n) is 4.13. The summed E-state index contributed by atoms with van der Waals surface area (Å²) in [5, 5.41) is 0. The van der Waals surface area contributed by atoms with E-state index in [2.05, 4.69) is 25.9 Å². The van der Waals surface area contributed by atoms with Crippen LogP contribution in [-0.2, 0) is 11.3 Å². The third-order valence-corrected chi connectivity index (χ3v) is 3.73. The number of ether oxygens (including phenoxy) is 1. The predicted octanol–water partition coefficient (Wildman–Crippen LogP) is 2.34. The molecule has 1 aliphatic rings. The van der Waals surface area contributed by atoms with Crippen molar-refractivity contribution in [1.29, 1.82) is 0 Å². The Morgan fingerprint density at radius 2 is 2.19 bits per heavy atom. The van der Waals surface area contributed by atoms with Crippen molar-refractivity contribution in [2.45, 2.75) is 38.2 Å². The highest BCUT2D eigenvalue weighted by Crippen LogP contribution is 2.35. The van der Waals surface area contributed by atoms with Crippen molar-refractivity contribution >= 4 is 15.9 Å². The topological polar surface area (TPSA) is 55.0 Å². The van der Waals surface area contributed by atoms with E-state index in [1.165, 1.54) is 12.8 Å². The molecular formula is C11H15BrN2O2. The summed E-state index contributed by atoms with van der Waals surface area (Å²) >= 11 is 3.33. The van der Waals surface area contributed by atoms with Gasteiger partial charge < -0.3 is 9.72 Å². The van der Waals surface area contributed by atoms with Gasteiger partial charge in [-0.2, -0.15) is 0 Å². The van der Waals surface area contributed by atoms with Gasteiger partial charge in [-0.05, 0) is 28.8 Å². The summed E-state index contributed by atoms with van der Waals surface area (Å²) < 4.78 is 5.58. The molecule has 0 bridgehead atoms. The van der Waals surface area contributed by atoms with E-state index >= 15 is 0 Å². The number of rotatable bonds is 3. The highest BCUT2D eigenvalue weighted by molar-refractivity contribution is 9.10. The first kappa shape index (κ1) is 11.8. The lowest BCUT2D eigenvalue weighted by molar-refractivity contribution is 0.177. The van der Waals surface area contributed by atoms with Crippen LogP contribution in [0.1, 0.15) is 43.1 Å². The number of nitrogens with one attached hydrogen (secondary N) is 1. The highest BCUT2D eigenvalue weighted by Gasteiger charge is 2.22. The summed E-state index contributed by atoms with van der Waals surface area (Å²) in [6.07, 6.45) is 4.71. The first-order valence-electron chi connectivity index (χ1n) is 5.50. The van der Waals surface area contributed by atoms with E-state index in [1.807, 2.05) is 0 Å². The van der Waals surface area contributed by atoms with Gasteiger partial charge in [-0.25, -0.2) is 4.98 Å². The minimum atomic E-state index is -0.107. The fourth-order valence-corrected chi connectivity index (χ4v) is 2.71. The van der Waals surface area contributed by atoms with Gasteiger partial charge in [0.15, 0.2) is 0 Å². The van der Waals surface area contributed by atoms with E-state index in [-0.39, 0.29) is 5.56 Å². The zero-order chi connectivity index (χ0) is 11.5. The molecule has 1 aliphatic carbocycles. The lowest BCUT2D eigenvalue weighted by Gasteiger charge is -2.11. The molecule has 1 N–H and O–H groups in total. The van der Waals surface area contributed by atoms with Crippen molar-refractivity contribution in [3.05, 3.63) is 26.3 Å². The van der Waals surface area contributed by atoms with Crippen molar-refractivity contribution in [3.63, 3.8) is 0 Å². The zero-order valence-corrected chi connectivity index (χ0v) is 10.8. The third-order valence-electron chi connectivity index (χ3n) is 2.96. The number of aromatic nitrogens is 2. The number of hydrogen-bond donors (Lipinski definition) is 1. The van der Waals surface area contributed by atoms with E-state index < -0.39 is 0 Å². The van der Waals surface area contributed by atoms with Crippen LogP contribution in [0.4, 0.5) is 0 Å². The maximum absolute atomic E-state index is 11.7. The van der Waals surface area contributed by atoms with Crippen LogP contribution < -0.4 is 5.56 Å². The summed E-state index contributed by atoms with van der Waals surface area (Å²) in [5.41, 5.74) is 0.789. The lowest BCUT2D eigenvalue weighted by Crippen LogP contribution is -2.17. The molecule has 0 atom stereocenters. The molecule has 0 saturated heterocycles. The standard InChI is InChI=1S/C11H15BrN2O2/c1-16-6-8-13-10(7-4-2-3-5-7)9(12)11(15)14-8/h7H,2-6H2,1H3,(H,13,14,15). The number of methoxy groups -OCH3 is 1. The zero-order valence-electron chi connectivity index (χ0n) is 9.25. The summed E-state index contributed by atoms with van der Waals surface area (Å²) in [4.78, 5) is 18.9. The summed E-state index contributed by atoms with van der Waals surface area (Å²) in [5.74, 6) is 1.03. The Hall–Kier alpha value is -0.680. The number of nitrogens with zero attached hydrogens (tertiary/aromatic N) is 1. The van der Waals surface area contributed by atoms with Crippen LogP contribution in [0, 0.1) is 0 Å². The Morgan fingerprint density at radius 1 is 1.50 bits per heavy atom. The lowest BCUT2D eigenvalue weighted by atomic mass is 10.0. The minimum Gasteiger partial charge on any atom is -0.377 e. The van der Waals surface area contributed by atoms with Gasteiger partial charge in [-0.1, -0.05) is 12.8 Å². The Bertz CT molecular complexity index is 424. The van der Waals surface area contributed by atoms with Gasteiger partial charge in [0.05, 0.1) is 5.69 Å². The maximum Gasteiger partial charge on any atom is 0.265 e. The van der Waals surface area contributed by atoms with Gasteiger partial charge in [0, 0.05) is 13.0 Å².